The molecule has 0 fully saturated rings. The molecule has 0 radical (unpaired) electrons. The Morgan fingerprint density at radius 1 is 1.47 bits per heavy atom. The monoisotopic (exact) mass is 221 g/mol. The average Bonchev–Trinajstić information content (AvgIpc) is 2.48. The molecule has 0 bridgehead atoms. The molecule has 1 heterocycles. The van der Waals surface area contributed by atoms with E-state index >= 15 is 0 Å². The van der Waals surface area contributed by atoms with Gasteiger partial charge in [-0.15, -0.1) is 0 Å². The fraction of sp³-hybridized carbons (Fsp3) is 0.667. The van der Waals surface area contributed by atoms with E-state index in [4.69, 9.17) is 5.73 Å². The third kappa shape index (κ3) is 3.23. The van der Waals surface area contributed by atoms with E-state index in [-0.39, 0.29) is 5.69 Å². The van der Waals surface area contributed by atoms with Gasteiger partial charge in [0.15, 0.2) is 0 Å². The highest BCUT2D eigenvalue weighted by molar-refractivity contribution is 5.07. The second kappa shape index (κ2) is 4.22. The van der Waals surface area contributed by atoms with E-state index in [0.717, 1.165) is 0 Å². The smallest absolute Gasteiger partial charge is 0.315 e. The maximum Gasteiger partial charge on any atom is 0.409 e. The van der Waals surface area contributed by atoms with E-state index in [2.05, 4.69) is 5.10 Å². The second-order valence-corrected chi connectivity index (χ2v) is 3.88. The van der Waals surface area contributed by atoms with Crippen molar-refractivity contribution in [3.63, 3.8) is 0 Å². The normalized spacial score (nSPS) is 14.6. The molecule has 0 aliphatic carbocycles. The minimum Gasteiger partial charge on any atom is -0.315 e. The molecule has 0 saturated heterocycles. The number of alkyl halides is 3. The zero-order chi connectivity index (χ0) is 11.6. The van der Waals surface area contributed by atoms with Crippen LogP contribution in [0.1, 0.15) is 25.6 Å². The van der Waals surface area contributed by atoms with Crippen LogP contribution in [0.3, 0.4) is 0 Å². The van der Waals surface area contributed by atoms with Gasteiger partial charge in [0.2, 0.25) is 0 Å². The molecular weight excluding hydrogens is 207 g/mol. The van der Waals surface area contributed by atoms with E-state index in [1.54, 1.807) is 0 Å². The van der Waals surface area contributed by atoms with Crippen LogP contribution in [-0.2, 0) is 6.54 Å². The topological polar surface area (TPSA) is 43.8 Å². The first-order valence-electron chi connectivity index (χ1n) is 4.66. The van der Waals surface area contributed by atoms with Crippen molar-refractivity contribution < 1.29 is 13.2 Å². The fourth-order valence-corrected chi connectivity index (χ4v) is 1.19. The third-order valence-corrected chi connectivity index (χ3v) is 1.88. The van der Waals surface area contributed by atoms with Crippen molar-refractivity contribution in [3.05, 3.63) is 18.0 Å². The van der Waals surface area contributed by atoms with Gasteiger partial charge in [-0.2, -0.15) is 18.3 Å². The molecule has 0 aliphatic rings. The average molecular weight is 221 g/mol. The number of halogens is 3. The third-order valence-electron chi connectivity index (χ3n) is 1.88. The molecule has 0 aromatic carbocycles. The highest BCUT2D eigenvalue weighted by Crippen LogP contribution is 2.29. The van der Waals surface area contributed by atoms with Crippen LogP contribution >= 0.6 is 0 Å². The van der Waals surface area contributed by atoms with Crippen molar-refractivity contribution in [2.75, 3.05) is 0 Å². The van der Waals surface area contributed by atoms with Crippen LogP contribution < -0.4 is 5.73 Å². The van der Waals surface area contributed by atoms with E-state index in [1.807, 2.05) is 13.8 Å². The molecule has 1 aromatic rings. The molecule has 1 aromatic heterocycles. The highest BCUT2D eigenvalue weighted by atomic mass is 19.4. The highest BCUT2D eigenvalue weighted by Gasteiger charge is 2.39. The minimum absolute atomic E-state index is 0.136. The van der Waals surface area contributed by atoms with Crippen LogP contribution in [0.15, 0.2) is 12.3 Å². The molecule has 0 saturated carbocycles. The SMILES string of the molecule is CC(C)Cn1ccc(C(N)C(F)(F)F)n1. The summed E-state index contributed by atoms with van der Waals surface area (Å²) in [5.41, 5.74) is 4.88. The van der Waals surface area contributed by atoms with Gasteiger partial charge in [-0.05, 0) is 12.0 Å². The lowest BCUT2D eigenvalue weighted by Gasteiger charge is -2.12. The van der Waals surface area contributed by atoms with E-state index in [9.17, 15) is 13.2 Å². The summed E-state index contributed by atoms with van der Waals surface area (Å²) in [6, 6.07) is -0.688. The number of nitrogens with zero attached hydrogens (tertiary/aromatic N) is 2. The van der Waals surface area contributed by atoms with Gasteiger partial charge >= 0.3 is 6.18 Å². The number of nitrogens with two attached hydrogens (primary N) is 1. The largest absolute Gasteiger partial charge is 0.409 e. The van der Waals surface area contributed by atoms with E-state index in [0.29, 0.717) is 12.5 Å². The van der Waals surface area contributed by atoms with Gasteiger partial charge in [0.05, 0.1) is 5.69 Å². The lowest BCUT2D eigenvalue weighted by atomic mass is 10.2. The molecule has 3 nitrogen and oxygen atoms in total. The first-order valence-corrected chi connectivity index (χ1v) is 4.66. The molecule has 2 N–H and O–H groups in total. The summed E-state index contributed by atoms with van der Waals surface area (Å²) >= 11 is 0. The van der Waals surface area contributed by atoms with Crippen molar-refractivity contribution in [2.45, 2.75) is 32.6 Å². The summed E-state index contributed by atoms with van der Waals surface area (Å²) in [5, 5.41) is 3.79. The lowest BCUT2D eigenvalue weighted by Crippen LogP contribution is -2.29. The number of aromatic nitrogens is 2. The van der Waals surface area contributed by atoms with Crippen LogP contribution in [-0.4, -0.2) is 16.0 Å². The van der Waals surface area contributed by atoms with Gasteiger partial charge in [0.25, 0.3) is 0 Å². The molecule has 6 heteroatoms. The maximum atomic E-state index is 12.2. The first-order chi connectivity index (χ1) is 6.80. The second-order valence-electron chi connectivity index (χ2n) is 3.88. The van der Waals surface area contributed by atoms with Crippen LogP contribution in [0, 0.1) is 5.92 Å². The summed E-state index contributed by atoms with van der Waals surface area (Å²) in [6.07, 6.45) is -2.92. The number of hydrogen-bond acceptors (Lipinski definition) is 2. The standard InChI is InChI=1S/C9H14F3N3/c1-6(2)5-15-4-3-7(14-15)8(13)9(10,11)12/h3-4,6,8H,5,13H2,1-2H3. The van der Waals surface area contributed by atoms with Crippen molar-refractivity contribution >= 4 is 0 Å². The Balaban J connectivity index is 2.76. The molecular formula is C9H14F3N3. The maximum absolute atomic E-state index is 12.2. The summed E-state index contributed by atoms with van der Waals surface area (Å²) < 4.78 is 38.2. The Bertz CT molecular complexity index is 317. The van der Waals surface area contributed by atoms with Crippen LogP contribution in [0.2, 0.25) is 0 Å². The zero-order valence-corrected chi connectivity index (χ0v) is 8.62. The van der Waals surface area contributed by atoms with Crippen LogP contribution in [0.25, 0.3) is 0 Å². The van der Waals surface area contributed by atoms with Gasteiger partial charge in [0, 0.05) is 12.7 Å². The molecule has 1 unspecified atom stereocenters. The van der Waals surface area contributed by atoms with Crippen molar-refractivity contribution in [2.24, 2.45) is 11.7 Å². The van der Waals surface area contributed by atoms with Crippen LogP contribution in [0.5, 0.6) is 0 Å². The molecule has 1 rings (SSSR count). The minimum atomic E-state index is -4.43. The zero-order valence-electron chi connectivity index (χ0n) is 8.62. The van der Waals surface area contributed by atoms with Crippen molar-refractivity contribution in [1.82, 2.24) is 9.78 Å². The summed E-state index contributed by atoms with van der Waals surface area (Å²) in [4.78, 5) is 0. The van der Waals surface area contributed by atoms with Gasteiger partial charge in [-0.3, -0.25) is 4.68 Å². The Kier molecular flexibility index (Phi) is 3.38. The quantitative estimate of drug-likeness (QED) is 0.849. The lowest BCUT2D eigenvalue weighted by molar-refractivity contribution is -0.150. The molecule has 0 amide bonds. The van der Waals surface area contributed by atoms with E-state index < -0.39 is 12.2 Å². The molecule has 1 atom stereocenters. The van der Waals surface area contributed by atoms with Crippen molar-refractivity contribution in [1.29, 1.82) is 0 Å². The summed E-state index contributed by atoms with van der Waals surface area (Å²) in [5.74, 6) is 0.333. The molecule has 86 valence electrons. The predicted octanol–water partition coefficient (Wildman–Crippen LogP) is 2.10. The molecule has 15 heavy (non-hydrogen) atoms. The fourth-order valence-electron chi connectivity index (χ4n) is 1.19. The number of rotatable bonds is 3. The van der Waals surface area contributed by atoms with Crippen LogP contribution in [0.4, 0.5) is 13.2 Å². The Labute approximate surface area is 86.1 Å². The number of hydrogen-bond donors (Lipinski definition) is 1. The van der Waals surface area contributed by atoms with Gasteiger partial charge in [-0.25, -0.2) is 0 Å². The Morgan fingerprint density at radius 3 is 2.53 bits per heavy atom. The van der Waals surface area contributed by atoms with E-state index in [1.165, 1.54) is 16.9 Å². The predicted molar refractivity (Wildman–Crippen MR) is 50.0 cm³/mol. The summed E-state index contributed by atoms with van der Waals surface area (Å²) in [7, 11) is 0. The molecule has 0 spiro atoms. The Hall–Kier alpha value is -1.04. The Morgan fingerprint density at radius 2 is 2.07 bits per heavy atom. The van der Waals surface area contributed by atoms with Gasteiger partial charge < -0.3 is 5.73 Å². The van der Waals surface area contributed by atoms with Gasteiger partial charge in [-0.1, -0.05) is 13.8 Å². The van der Waals surface area contributed by atoms with Crippen molar-refractivity contribution in [3.8, 4) is 0 Å². The molecule has 0 aliphatic heterocycles. The van der Waals surface area contributed by atoms with Gasteiger partial charge in [0.1, 0.15) is 6.04 Å². The first kappa shape index (κ1) is 12.0. The summed E-state index contributed by atoms with van der Waals surface area (Å²) in [6.45, 7) is 4.51.